The van der Waals surface area contributed by atoms with Crippen LogP contribution in [0.25, 0.3) is 0 Å². The van der Waals surface area contributed by atoms with Gasteiger partial charge in [-0.05, 0) is 40.0 Å². The van der Waals surface area contributed by atoms with Gasteiger partial charge >= 0.3 is 0 Å². The molecule has 0 aromatic heterocycles. The van der Waals surface area contributed by atoms with Crippen LogP contribution in [0.5, 0.6) is 0 Å². The number of halogens is 1. The van der Waals surface area contributed by atoms with Crippen LogP contribution >= 0.6 is 0 Å². The molecule has 1 heterocycles. The van der Waals surface area contributed by atoms with Gasteiger partial charge in [-0.1, -0.05) is 0 Å². The molecule has 17 heavy (non-hydrogen) atoms. The van der Waals surface area contributed by atoms with Gasteiger partial charge in [-0.25, -0.2) is 0 Å². The van der Waals surface area contributed by atoms with Crippen molar-refractivity contribution in [1.82, 2.24) is 10.2 Å². The van der Waals surface area contributed by atoms with Crippen LogP contribution in [0, 0.1) is 0 Å². The van der Waals surface area contributed by atoms with Crippen LogP contribution < -0.4 is 5.32 Å². The Morgan fingerprint density at radius 2 is 1.94 bits per heavy atom. The SMILES string of the molecule is CC1C(=O)NC(C)(C)C(=O)N1CCCCCF. The first-order valence-electron chi connectivity index (χ1n) is 6.09. The summed E-state index contributed by atoms with van der Waals surface area (Å²) in [5.41, 5.74) is -0.830. The van der Waals surface area contributed by atoms with Gasteiger partial charge in [0.05, 0.1) is 6.67 Å². The van der Waals surface area contributed by atoms with Crippen molar-refractivity contribution in [1.29, 1.82) is 0 Å². The molecule has 0 aliphatic carbocycles. The lowest BCUT2D eigenvalue weighted by Gasteiger charge is -2.41. The van der Waals surface area contributed by atoms with Crippen LogP contribution in [0.2, 0.25) is 0 Å². The van der Waals surface area contributed by atoms with Crippen LogP contribution in [-0.2, 0) is 9.59 Å². The van der Waals surface area contributed by atoms with E-state index in [9.17, 15) is 14.0 Å². The lowest BCUT2D eigenvalue weighted by atomic mass is 9.97. The number of unbranched alkanes of at least 4 members (excludes halogenated alkanes) is 2. The summed E-state index contributed by atoms with van der Waals surface area (Å²) in [5, 5.41) is 2.70. The molecule has 0 saturated carbocycles. The zero-order valence-corrected chi connectivity index (χ0v) is 10.8. The molecule has 1 atom stereocenters. The van der Waals surface area contributed by atoms with E-state index in [0.717, 1.165) is 12.8 Å². The van der Waals surface area contributed by atoms with Crippen LogP contribution in [0.4, 0.5) is 4.39 Å². The minimum atomic E-state index is -0.830. The Morgan fingerprint density at radius 3 is 2.53 bits per heavy atom. The summed E-state index contributed by atoms with van der Waals surface area (Å²) >= 11 is 0. The standard InChI is InChI=1S/C12H21FN2O2/c1-9-10(16)14-12(2,3)11(17)15(9)8-6-4-5-7-13/h9H,4-8H2,1-3H3,(H,14,16). The molecule has 0 bridgehead atoms. The summed E-state index contributed by atoms with van der Waals surface area (Å²) in [6.45, 7) is 5.32. The van der Waals surface area contributed by atoms with Crippen molar-refractivity contribution in [2.45, 2.75) is 51.6 Å². The van der Waals surface area contributed by atoms with E-state index in [2.05, 4.69) is 5.32 Å². The fraction of sp³-hybridized carbons (Fsp3) is 0.833. The molecule has 1 N–H and O–H groups in total. The third-order valence-electron chi connectivity index (χ3n) is 3.11. The second-order valence-corrected chi connectivity index (χ2v) is 5.04. The molecule has 0 spiro atoms. The molecule has 1 unspecified atom stereocenters. The highest BCUT2D eigenvalue weighted by Gasteiger charge is 2.42. The second kappa shape index (κ2) is 5.47. The number of hydrogen-bond donors (Lipinski definition) is 1. The van der Waals surface area contributed by atoms with Gasteiger partial charge in [0.15, 0.2) is 0 Å². The molecule has 1 rings (SSSR count). The lowest BCUT2D eigenvalue weighted by molar-refractivity contribution is -0.152. The molecule has 5 heteroatoms. The number of alkyl halides is 1. The minimum absolute atomic E-state index is 0.0650. The van der Waals surface area contributed by atoms with E-state index in [4.69, 9.17) is 0 Å². The Kier molecular flexibility index (Phi) is 4.48. The number of carbonyl (C=O) groups is 2. The smallest absolute Gasteiger partial charge is 0.248 e. The molecule has 1 saturated heterocycles. The van der Waals surface area contributed by atoms with Crippen LogP contribution in [0.1, 0.15) is 40.0 Å². The van der Waals surface area contributed by atoms with E-state index in [1.165, 1.54) is 0 Å². The molecule has 0 aromatic rings. The summed E-state index contributed by atoms with van der Waals surface area (Å²) in [6.07, 6.45) is 2.00. The summed E-state index contributed by atoms with van der Waals surface area (Å²) in [5.74, 6) is -0.190. The van der Waals surface area contributed by atoms with Crippen molar-refractivity contribution in [3.05, 3.63) is 0 Å². The van der Waals surface area contributed by atoms with Crippen LogP contribution in [0.15, 0.2) is 0 Å². The Labute approximate surface area is 102 Å². The van der Waals surface area contributed by atoms with Crippen molar-refractivity contribution in [2.24, 2.45) is 0 Å². The molecule has 0 aromatic carbocycles. The monoisotopic (exact) mass is 244 g/mol. The van der Waals surface area contributed by atoms with Gasteiger partial charge in [-0.3, -0.25) is 14.0 Å². The molecular weight excluding hydrogens is 223 g/mol. The Morgan fingerprint density at radius 1 is 1.29 bits per heavy atom. The highest BCUT2D eigenvalue weighted by Crippen LogP contribution is 2.18. The van der Waals surface area contributed by atoms with E-state index in [0.29, 0.717) is 13.0 Å². The van der Waals surface area contributed by atoms with Crippen molar-refractivity contribution >= 4 is 11.8 Å². The van der Waals surface area contributed by atoms with Crippen molar-refractivity contribution in [2.75, 3.05) is 13.2 Å². The topological polar surface area (TPSA) is 49.4 Å². The number of amides is 2. The van der Waals surface area contributed by atoms with E-state index in [1.807, 2.05) is 0 Å². The number of piperazine rings is 1. The Hall–Kier alpha value is -1.13. The first-order chi connectivity index (χ1) is 7.90. The highest BCUT2D eigenvalue weighted by molar-refractivity contribution is 5.99. The second-order valence-electron chi connectivity index (χ2n) is 5.04. The molecular formula is C12H21FN2O2. The quantitative estimate of drug-likeness (QED) is 0.740. The lowest BCUT2D eigenvalue weighted by Crippen LogP contribution is -2.67. The molecule has 0 radical (unpaired) electrons. The molecule has 98 valence electrons. The predicted molar refractivity (Wildman–Crippen MR) is 63.2 cm³/mol. The van der Waals surface area contributed by atoms with E-state index in [1.54, 1.807) is 25.7 Å². The first-order valence-corrected chi connectivity index (χ1v) is 6.09. The van der Waals surface area contributed by atoms with Crippen LogP contribution in [-0.4, -0.2) is 41.5 Å². The van der Waals surface area contributed by atoms with Gasteiger partial charge in [0, 0.05) is 6.54 Å². The van der Waals surface area contributed by atoms with Gasteiger partial charge < -0.3 is 10.2 Å². The van der Waals surface area contributed by atoms with E-state index < -0.39 is 11.6 Å². The van der Waals surface area contributed by atoms with Gasteiger partial charge in [-0.15, -0.1) is 0 Å². The summed E-state index contributed by atoms with van der Waals surface area (Å²) in [7, 11) is 0. The Bertz CT molecular complexity index is 305. The summed E-state index contributed by atoms with van der Waals surface area (Å²) in [4.78, 5) is 25.4. The van der Waals surface area contributed by atoms with E-state index >= 15 is 0 Å². The highest BCUT2D eigenvalue weighted by atomic mass is 19.1. The normalized spacial score (nSPS) is 23.8. The third-order valence-corrected chi connectivity index (χ3v) is 3.11. The van der Waals surface area contributed by atoms with Crippen molar-refractivity contribution in [3.8, 4) is 0 Å². The average molecular weight is 244 g/mol. The van der Waals surface area contributed by atoms with Gasteiger partial charge in [0.2, 0.25) is 11.8 Å². The Balaban J connectivity index is 2.60. The first kappa shape index (κ1) is 13.9. The maximum absolute atomic E-state index is 12.1. The number of nitrogens with zero attached hydrogens (tertiary/aromatic N) is 1. The molecule has 1 aliphatic rings. The van der Waals surface area contributed by atoms with Gasteiger partial charge in [0.25, 0.3) is 0 Å². The number of hydrogen-bond acceptors (Lipinski definition) is 2. The minimum Gasteiger partial charge on any atom is -0.340 e. The number of rotatable bonds is 5. The molecule has 1 aliphatic heterocycles. The fourth-order valence-electron chi connectivity index (χ4n) is 1.99. The largest absolute Gasteiger partial charge is 0.340 e. The third kappa shape index (κ3) is 3.17. The van der Waals surface area contributed by atoms with Gasteiger partial charge in [0.1, 0.15) is 11.6 Å². The zero-order valence-electron chi connectivity index (χ0n) is 10.8. The van der Waals surface area contributed by atoms with E-state index in [-0.39, 0.29) is 18.5 Å². The van der Waals surface area contributed by atoms with Crippen LogP contribution in [0.3, 0.4) is 0 Å². The summed E-state index contributed by atoms with van der Waals surface area (Å²) < 4.78 is 12.0. The average Bonchev–Trinajstić information content (AvgIpc) is 2.25. The zero-order chi connectivity index (χ0) is 13.1. The number of nitrogens with one attached hydrogen (secondary N) is 1. The molecule has 1 fully saturated rings. The summed E-state index contributed by atoms with van der Waals surface area (Å²) in [6, 6.07) is -0.430. The molecule has 2 amide bonds. The van der Waals surface area contributed by atoms with Gasteiger partial charge in [-0.2, -0.15) is 0 Å². The maximum Gasteiger partial charge on any atom is 0.248 e. The molecule has 4 nitrogen and oxygen atoms in total. The fourth-order valence-corrected chi connectivity index (χ4v) is 1.99. The maximum atomic E-state index is 12.1. The van der Waals surface area contributed by atoms with Crippen molar-refractivity contribution in [3.63, 3.8) is 0 Å². The van der Waals surface area contributed by atoms with Crippen molar-refractivity contribution < 1.29 is 14.0 Å². The predicted octanol–water partition coefficient (Wildman–Crippen LogP) is 1.25. The number of carbonyl (C=O) groups excluding carboxylic acids is 2.